The smallest absolute Gasteiger partial charge is 0.0721 e. The molecule has 0 fully saturated rings. The maximum atomic E-state index is 4.82. The predicted molar refractivity (Wildman–Crippen MR) is 165 cm³/mol. The van der Waals surface area contributed by atoms with Gasteiger partial charge in [0.05, 0.1) is 5.69 Å². The van der Waals surface area contributed by atoms with Crippen molar-refractivity contribution < 1.29 is 0 Å². The summed E-state index contributed by atoms with van der Waals surface area (Å²) in [6, 6.07) is 38.4. The summed E-state index contributed by atoms with van der Waals surface area (Å²) in [5, 5.41) is 3.56. The molecule has 0 saturated carbocycles. The highest BCUT2D eigenvalue weighted by Gasteiger charge is 2.15. The molecule has 190 valence electrons. The second-order valence-electron chi connectivity index (χ2n) is 10.1. The largest absolute Gasteiger partial charge is 0.355 e. The number of pyridine rings is 1. The van der Waals surface area contributed by atoms with Crippen LogP contribution in [-0.2, 0) is 6.42 Å². The van der Waals surface area contributed by atoms with Gasteiger partial charge in [-0.2, -0.15) is 0 Å². The van der Waals surface area contributed by atoms with Gasteiger partial charge in [-0.15, -0.1) is 0 Å². The molecule has 1 aliphatic rings. The Morgan fingerprint density at radius 3 is 2.28 bits per heavy atom. The minimum Gasteiger partial charge on any atom is -0.355 e. The summed E-state index contributed by atoms with van der Waals surface area (Å²) >= 11 is 0. The molecule has 0 saturated heterocycles. The van der Waals surface area contributed by atoms with E-state index >= 15 is 0 Å². The van der Waals surface area contributed by atoms with Crippen LogP contribution in [-0.4, -0.2) is 11.2 Å². The normalized spacial score (nSPS) is 12.7. The number of benzene rings is 4. The summed E-state index contributed by atoms with van der Waals surface area (Å²) in [5.74, 6) is 0. The van der Waals surface area contributed by atoms with Crippen LogP contribution in [0.4, 0.5) is 17.1 Å². The molecular formula is C36H31N3. The van der Waals surface area contributed by atoms with Crippen molar-refractivity contribution in [1.29, 1.82) is 0 Å². The van der Waals surface area contributed by atoms with Gasteiger partial charge in [0.1, 0.15) is 0 Å². The van der Waals surface area contributed by atoms with Gasteiger partial charge in [-0.25, -0.2) is 0 Å². The van der Waals surface area contributed by atoms with Crippen LogP contribution in [0.2, 0.25) is 0 Å². The number of anilines is 2. The summed E-state index contributed by atoms with van der Waals surface area (Å²) in [4.78, 5) is 9.40. The highest BCUT2D eigenvalue weighted by molar-refractivity contribution is 6.00. The van der Waals surface area contributed by atoms with E-state index in [1.54, 1.807) is 0 Å². The van der Waals surface area contributed by atoms with E-state index in [-0.39, 0.29) is 0 Å². The van der Waals surface area contributed by atoms with Crippen LogP contribution in [0.3, 0.4) is 0 Å². The fourth-order valence-corrected chi connectivity index (χ4v) is 5.28. The average molecular weight is 506 g/mol. The van der Waals surface area contributed by atoms with E-state index < -0.39 is 0 Å². The van der Waals surface area contributed by atoms with E-state index in [1.807, 2.05) is 18.5 Å². The Hall–Kier alpha value is -4.76. The van der Waals surface area contributed by atoms with Gasteiger partial charge in [-0.1, -0.05) is 72.8 Å². The van der Waals surface area contributed by atoms with Gasteiger partial charge in [0.25, 0.3) is 0 Å². The SMILES string of the molecule is CC1=C(c2ccccc2C)CC=Nc2cc(Nc3ccc(-c4ccnc(Cc5ccccc5)c4)cc3)ccc21. The Labute approximate surface area is 230 Å². The number of aryl methyl sites for hydroxylation is 1. The molecule has 1 N–H and O–H groups in total. The van der Waals surface area contributed by atoms with Crippen LogP contribution < -0.4 is 5.32 Å². The van der Waals surface area contributed by atoms with Crippen molar-refractivity contribution in [2.75, 3.05) is 5.32 Å². The molecule has 0 unspecified atom stereocenters. The van der Waals surface area contributed by atoms with Crippen LogP contribution in [0.5, 0.6) is 0 Å². The zero-order valence-electron chi connectivity index (χ0n) is 22.4. The summed E-state index contributed by atoms with van der Waals surface area (Å²) in [7, 11) is 0. The lowest BCUT2D eigenvalue weighted by Crippen LogP contribution is -1.94. The molecule has 6 rings (SSSR count). The molecule has 5 aromatic rings. The average Bonchev–Trinajstić information content (AvgIpc) is 3.12. The summed E-state index contributed by atoms with van der Waals surface area (Å²) < 4.78 is 0. The molecule has 0 amide bonds. The zero-order chi connectivity index (χ0) is 26.6. The van der Waals surface area contributed by atoms with Crippen molar-refractivity contribution in [3.8, 4) is 11.1 Å². The van der Waals surface area contributed by atoms with Crippen molar-refractivity contribution >= 4 is 34.4 Å². The third kappa shape index (κ3) is 5.44. The van der Waals surface area contributed by atoms with E-state index in [1.165, 1.54) is 44.5 Å². The maximum absolute atomic E-state index is 4.82. The molecule has 1 aromatic heterocycles. The lowest BCUT2D eigenvalue weighted by molar-refractivity contribution is 1.08. The second-order valence-corrected chi connectivity index (χ2v) is 10.1. The first-order valence-corrected chi connectivity index (χ1v) is 13.4. The molecule has 2 heterocycles. The van der Waals surface area contributed by atoms with Crippen molar-refractivity contribution in [3.05, 3.63) is 143 Å². The molecule has 3 heteroatoms. The number of allylic oxidation sites excluding steroid dienone is 2. The third-order valence-electron chi connectivity index (χ3n) is 7.40. The van der Waals surface area contributed by atoms with Crippen LogP contribution in [0, 0.1) is 6.92 Å². The summed E-state index contributed by atoms with van der Waals surface area (Å²) in [6.07, 6.45) is 5.60. The summed E-state index contributed by atoms with van der Waals surface area (Å²) in [5.41, 5.74) is 14.2. The molecule has 4 aromatic carbocycles. The highest BCUT2D eigenvalue weighted by atomic mass is 14.9. The molecule has 0 aliphatic carbocycles. The number of nitrogens with one attached hydrogen (secondary N) is 1. The monoisotopic (exact) mass is 505 g/mol. The van der Waals surface area contributed by atoms with Crippen LogP contribution in [0.15, 0.2) is 120 Å². The highest BCUT2D eigenvalue weighted by Crippen LogP contribution is 2.38. The zero-order valence-corrected chi connectivity index (χ0v) is 22.4. The molecule has 0 bridgehead atoms. The number of aromatic nitrogens is 1. The number of fused-ring (bicyclic) bond motifs is 1. The molecule has 0 atom stereocenters. The molecule has 3 nitrogen and oxygen atoms in total. The van der Waals surface area contributed by atoms with E-state index in [4.69, 9.17) is 4.99 Å². The minimum atomic E-state index is 0.830. The first-order chi connectivity index (χ1) is 19.1. The Kier molecular flexibility index (Phi) is 6.88. The Morgan fingerprint density at radius 1 is 0.692 bits per heavy atom. The fraction of sp³-hybridized carbons (Fsp3) is 0.111. The van der Waals surface area contributed by atoms with Gasteiger partial charge in [0, 0.05) is 47.9 Å². The predicted octanol–water partition coefficient (Wildman–Crippen LogP) is 9.43. The van der Waals surface area contributed by atoms with Crippen molar-refractivity contribution in [1.82, 2.24) is 4.98 Å². The van der Waals surface area contributed by atoms with E-state index in [9.17, 15) is 0 Å². The van der Waals surface area contributed by atoms with Crippen molar-refractivity contribution in [3.63, 3.8) is 0 Å². The molecule has 39 heavy (non-hydrogen) atoms. The van der Waals surface area contributed by atoms with Crippen molar-refractivity contribution in [2.45, 2.75) is 26.7 Å². The third-order valence-corrected chi connectivity index (χ3v) is 7.40. The number of rotatable bonds is 6. The Morgan fingerprint density at radius 2 is 1.46 bits per heavy atom. The summed E-state index contributed by atoms with van der Waals surface area (Å²) in [6.45, 7) is 4.39. The van der Waals surface area contributed by atoms with Crippen LogP contribution in [0.25, 0.3) is 22.3 Å². The van der Waals surface area contributed by atoms with Gasteiger partial charge in [-0.05, 0) is 89.2 Å². The fourth-order valence-electron chi connectivity index (χ4n) is 5.28. The minimum absolute atomic E-state index is 0.830. The number of nitrogens with zero attached hydrogens (tertiary/aromatic N) is 2. The van der Waals surface area contributed by atoms with E-state index in [0.717, 1.165) is 35.6 Å². The van der Waals surface area contributed by atoms with E-state index in [2.05, 4.69) is 127 Å². The molecular weight excluding hydrogens is 474 g/mol. The van der Waals surface area contributed by atoms with Gasteiger partial charge in [0.15, 0.2) is 0 Å². The van der Waals surface area contributed by atoms with Gasteiger partial charge in [-0.3, -0.25) is 9.98 Å². The first kappa shape index (κ1) is 24.6. The molecule has 1 aliphatic heterocycles. The van der Waals surface area contributed by atoms with Gasteiger partial charge in [0.2, 0.25) is 0 Å². The van der Waals surface area contributed by atoms with E-state index in [0.29, 0.717) is 0 Å². The number of hydrogen-bond donors (Lipinski definition) is 1. The molecule has 0 radical (unpaired) electrons. The lowest BCUT2D eigenvalue weighted by atomic mass is 9.91. The van der Waals surface area contributed by atoms with Crippen LogP contribution in [0.1, 0.15) is 41.3 Å². The Balaban J connectivity index is 1.20. The lowest BCUT2D eigenvalue weighted by Gasteiger charge is -2.14. The second kappa shape index (κ2) is 10.9. The van der Waals surface area contributed by atoms with Gasteiger partial charge < -0.3 is 5.32 Å². The Bertz CT molecular complexity index is 1680. The molecule has 0 spiro atoms. The van der Waals surface area contributed by atoms with Gasteiger partial charge >= 0.3 is 0 Å². The first-order valence-electron chi connectivity index (χ1n) is 13.4. The number of hydrogen-bond acceptors (Lipinski definition) is 3. The van der Waals surface area contributed by atoms with Crippen LogP contribution >= 0.6 is 0 Å². The standard InChI is InChI=1S/C36H31N3/c1-25-8-6-7-11-33(25)34-19-21-38-36-24-31(16-17-35(36)26(34)2)39-30-14-12-28(13-15-30)29-18-20-37-32(23-29)22-27-9-4-3-5-10-27/h3-18,20-21,23-24,39H,19,22H2,1-2H3. The maximum Gasteiger partial charge on any atom is 0.0721 e. The van der Waals surface area contributed by atoms with Crippen molar-refractivity contribution in [2.24, 2.45) is 4.99 Å². The number of aliphatic imine (C=N–C) groups is 1. The topological polar surface area (TPSA) is 37.3 Å². The quantitative estimate of drug-likeness (QED) is 0.249.